The van der Waals surface area contributed by atoms with E-state index in [9.17, 15) is 4.79 Å². The van der Waals surface area contributed by atoms with E-state index >= 15 is 0 Å². The molecular formula is C18H20N4OS. The quantitative estimate of drug-likeness (QED) is 0.699. The van der Waals surface area contributed by atoms with Gasteiger partial charge in [0.05, 0.1) is 11.1 Å². The van der Waals surface area contributed by atoms with Crippen LogP contribution in [0.15, 0.2) is 47.3 Å². The van der Waals surface area contributed by atoms with Gasteiger partial charge in [-0.3, -0.25) is 9.93 Å². The zero-order chi connectivity index (χ0) is 17.1. The number of nitrogens with zero attached hydrogens (tertiary/aromatic N) is 2. The number of nitrogens with two attached hydrogens (primary N) is 1. The summed E-state index contributed by atoms with van der Waals surface area (Å²) in [5.74, 6) is 0. The minimum atomic E-state index is -0.0650. The Morgan fingerprint density at radius 1 is 1.12 bits per heavy atom. The largest absolute Gasteiger partial charge is 0.274 e. The molecule has 124 valence electrons. The van der Waals surface area contributed by atoms with Gasteiger partial charge < -0.3 is 0 Å². The van der Waals surface area contributed by atoms with Crippen molar-refractivity contribution in [1.29, 1.82) is 0 Å². The molecule has 0 unspecified atom stereocenters. The number of rotatable bonds is 5. The highest BCUT2D eigenvalue weighted by atomic mass is 32.2. The molecule has 0 atom stereocenters. The summed E-state index contributed by atoms with van der Waals surface area (Å²) < 4.78 is 4.43. The first-order valence-corrected chi connectivity index (χ1v) is 8.70. The molecule has 0 aliphatic heterocycles. The van der Waals surface area contributed by atoms with Crippen molar-refractivity contribution < 1.29 is 0 Å². The van der Waals surface area contributed by atoms with Gasteiger partial charge in [0.1, 0.15) is 0 Å². The van der Waals surface area contributed by atoms with E-state index in [1.807, 2.05) is 36.4 Å². The lowest BCUT2D eigenvalue weighted by molar-refractivity contribution is 0.722. The van der Waals surface area contributed by atoms with Crippen molar-refractivity contribution in [2.75, 3.05) is 0 Å². The number of hydrogen-bond acceptors (Lipinski definition) is 5. The van der Waals surface area contributed by atoms with E-state index in [1.54, 1.807) is 7.05 Å². The number of nitrogens with one attached hydrogen (secondary N) is 1. The summed E-state index contributed by atoms with van der Waals surface area (Å²) in [6, 6.07) is 14.2. The molecule has 1 aromatic heterocycles. The van der Waals surface area contributed by atoms with Crippen LogP contribution in [0.1, 0.15) is 18.1 Å². The highest BCUT2D eigenvalue weighted by molar-refractivity contribution is 7.95. The van der Waals surface area contributed by atoms with Crippen molar-refractivity contribution >= 4 is 22.9 Å². The van der Waals surface area contributed by atoms with E-state index in [0.717, 1.165) is 46.3 Å². The molecule has 0 bridgehead atoms. The predicted molar refractivity (Wildman–Crippen MR) is 100 cm³/mol. The Labute approximate surface area is 145 Å². The van der Waals surface area contributed by atoms with Crippen LogP contribution in [0.3, 0.4) is 0 Å². The number of hydrogen-bond donors (Lipinski definition) is 2. The predicted octanol–water partition coefficient (Wildman–Crippen LogP) is 2.77. The maximum Gasteiger partial charge on any atom is 0.274 e. The minimum absolute atomic E-state index is 0.0650. The molecule has 3 rings (SSSR count). The Morgan fingerprint density at radius 3 is 2.50 bits per heavy atom. The highest BCUT2D eigenvalue weighted by Gasteiger charge is 2.11. The molecule has 1 heterocycles. The summed E-state index contributed by atoms with van der Waals surface area (Å²) in [7, 11) is 1.70. The number of aryl methyl sites for hydroxylation is 2. The standard InChI is InChI=1S/C18H20N4OS/c1-3-12-6-9-15-16(10-12)18(23)22(2)21-17(15)14-7-4-13(5-8-14)11-20-24-19/h4-10,20H,3,11,19H2,1-2H3. The van der Waals surface area contributed by atoms with Crippen LogP contribution >= 0.6 is 12.1 Å². The second-order valence-corrected chi connectivity index (χ2v) is 6.17. The maximum absolute atomic E-state index is 12.4. The zero-order valence-corrected chi connectivity index (χ0v) is 14.6. The minimum Gasteiger partial charge on any atom is -0.267 e. The Bertz CT molecular complexity index is 919. The molecule has 0 fully saturated rings. The molecule has 0 amide bonds. The molecule has 0 spiro atoms. The van der Waals surface area contributed by atoms with Gasteiger partial charge in [0.15, 0.2) is 0 Å². The Hall–Kier alpha value is -2.15. The Kier molecular flexibility index (Phi) is 4.99. The fourth-order valence-corrected chi connectivity index (χ4v) is 2.99. The second kappa shape index (κ2) is 7.17. The average molecular weight is 340 g/mol. The molecular weight excluding hydrogens is 320 g/mol. The van der Waals surface area contributed by atoms with E-state index in [1.165, 1.54) is 4.68 Å². The van der Waals surface area contributed by atoms with Crippen LogP contribution in [0.2, 0.25) is 0 Å². The number of fused-ring (bicyclic) bond motifs is 1. The van der Waals surface area contributed by atoms with Crippen molar-refractivity contribution in [3.05, 3.63) is 63.9 Å². The monoisotopic (exact) mass is 340 g/mol. The first kappa shape index (κ1) is 16.7. The van der Waals surface area contributed by atoms with Crippen LogP contribution in [-0.2, 0) is 20.0 Å². The van der Waals surface area contributed by atoms with Gasteiger partial charge in [-0.25, -0.2) is 9.40 Å². The summed E-state index contributed by atoms with van der Waals surface area (Å²) in [6.45, 7) is 2.78. The van der Waals surface area contributed by atoms with Crippen LogP contribution in [-0.4, -0.2) is 9.78 Å². The number of benzene rings is 2. The molecule has 5 nitrogen and oxygen atoms in total. The molecule has 3 N–H and O–H groups in total. The molecule has 3 aromatic rings. The van der Waals surface area contributed by atoms with Gasteiger partial charge in [-0.1, -0.05) is 43.3 Å². The van der Waals surface area contributed by atoms with Crippen molar-refractivity contribution in [3.63, 3.8) is 0 Å². The molecule has 0 aliphatic rings. The lowest BCUT2D eigenvalue weighted by Crippen LogP contribution is -2.20. The average Bonchev–Trinajstić information content (AvgIpc) is 2.63. The van der Waals surface area contributed by atoms with Crippen LogP contribution in [0.25, 0.3) is 22.0 Å². The van der Waals surface area contributed by atoms with Crippen molar-refractivity contribution in [2.24, 2.45) is 12.2 Å². The van der Waals surface area contributed by atoms with E-state index < -0.39 is 0 Å². The first-order valence-electron chi connectivity index (χ1n) is 7.82. The lowest BCUT2D eigenvalue weighted by atomic mass is 10.0. The second-order valence-electron chi connectivity index (χ2n) is 5.65. The van der Waals surface area contributed by atoms with Gasteiger partial charge in [-0.05, 0) is 23.6 Å². The van der Waals surface area contributed by atoms with Crippen LogP contribution in [0, 0.1) is 0 Å². The smallest absolute Gasteiger partial charge is 0.267 e. The summed E-state index contributed by atoms with van der Waals surface area (Å²) >= 11 is 1.11. The maximum atomic E-state index is 12.4. The van der Waals surface area contributed by atoms with Gasteiger partial charge in [0.25, 0.3) is 5.56 Å². The highest BCUT2D eigenvalue weighted by Crippen LogP contribution is 2.25. The van der Waals surface area contributed by atoms with E-state index in [2.05, 4.69) is 22.8 Å². The normalized spacial score (nSPS) is 11.1. The van der Waals surface area contributed by atoms with Gasteiger partial charge in [0.2, 0.25) is 0 Å². The SMILES string of the molecule is CCc1ccc2c(-c3ccc(CNSN)cc3)nn(C)c(=O)c2c1. The third-order valence-electron chi connectivity index (χ3n) is 4.11. The van der Waals surface area contributed by atoms with Gasteiger partial charge in [0, 0.05) is 36.7 Å². The van der Waals surface area contributed by atoms with Crippen molar-refractivity contribution in [2.45, 2.75) is 19.9 Å². The molecule has 24 heavy (non-hydrogen) atoms. The third kappa shape index (κ3) is 3.21. The van der Waals surface area contributed by atoms with Crippen molar-refractivity contribution in [1.82, 2.24) is 14.5 Å². The summed E-state index contributed by atoms with van der Waals surface area (Å²) in [5.41, 5.74) is 4.04. The third-order valence-corrected chi connectivity index (χ3v) is 4.42. The Morgan fingerprint density at radius 2 is 1.83 bits per heavy atom. The Balaban J connectivity index is 2.12. The lowest BCUT2D eigenvalue weighted by Gasteiger charge is -2.10. The van der Waals surface area contributed by atoms with Gasteiger partial charge in [-0.2, -0.15) is 5.10 Å². The fraction of sp³-hybridized carbons (Fsp3) is 0.222. The summed E-state index contributed by atoms with van der Waals surface area (Å²) in [5, 5.41) is 11.5. The first-order chi connectivity index (χ1) is 11.6. The molecule has 0 saturated carbocycles. The number of aromatic nitrogens is 2. The van der Waals surface area contributed by atoms with Crippen LogP contribution < -0.4 is 15.4 Å². The van der Waals surface area contributed by atoms with E-state index in [-0.39, 0.29) is 5.56 Å². The van der Waals surface area contributed by atoms with Gasteiger partial charge >= 0.3 is 0 Å². The van der Waals surface area contributed by atoms with Crippen LogP contribution in [0.5, 0.6) is 0 Å². The summed E-state index contributed by atoms with van der Waals surface area (Å²) in [6.07, 6.45) is 0.900. The molecule has 6 heteroatoms. The zero-order valence-electron chi connectivity index (χ0n) is 13.7. The molecule has 0 radical (unpaired) electrons. The molecule has 2 aromatic carbocycles. The summed E-state index contributed by atoms with van der Waals surface area (Å²) in [4.78, 5) is 12.4. The van der Waals surface area contributed by atoms with Gasteiger partial charge in [-0.15, -0.1) is 0 Å². The van der Waals surface area contributed by atoms with Crippen LogP contribution in [0.4, 0.5) is 0 Å². The van der Waals surface area contributed by atoms with Crippen molar-refractivity contribution in [3.8, 4) is 11.3 Å². The van der Waals surface area contributed by atoms with E-state index in [0.29, 0.717) is 11.9 Å². The fourth-order valence-electron chi connectivity index (χ4n) is 2.74. The van der Waals surface area contributed by atoms with E-state index in [4.69, 9.17) is 5.14 Å². The topological polar surface area (TPSA) is 72.9 Å². The molecule has 0 aliphatic carbocycles. The molecule has 0 saturated heterocycles.